The molecule has 0 amide bonds. The van der Waals surface area contributed by atoms with Gasteiger partial charge in [0.2, 0.25) is 0 Å². The molecule has 0 aliphatic carbocycles. The van der Waals surface area contributed by atoms with Crippen molar-refractivity contribution in [1.29, 1.82) is 0 Å². The van der Waals surface area contributed by atoms with Gasteiger partial charge in [-0.25, -0.2) is 0 Å². The summed E-state index contributed by atoms with van der Waals surface area (Å²) in [5.74, 6) is 1.53. The van der Waals surface area contributed by atoms with Crippen molar-refractivity contribution in [1.82, 2.24) is 10.2 Å². The molecule has 3 heteroatoms. The molecule has 0 radical (unpaired) electrons. The summed E-state index contributed by atoms with van der Waals surface area (Å²) < 4.78 is 5.61. The van der Waals surface area contributed by atoms with E-state index in [9.17, 15) is 0 Å². The highest BCUT2D eigenvalue weighted by Gasteiger charge is 1.97. The maximum Gasteiger partial charge on any atom is 0.149 e. The first-order valence-corrected chi connectivity index (χ1v) is 5.42. The molecule has 2 rings (SSSR count). The van der Waals surface area contributed by atoms with Crippen LogP contribution in [-0.2, 0) is 6.42 Å². The summed E-state index contributed by atoms with van der Waals surface area (Å²) in [4.78, 5) is 0. The van der Waals surface area contributed by atoms with E-state index in [0.717, 1.165) is 18.6 Å². The van der Waals surface area contributed by atoms with E-state index in [1.807, 2.05) is 12.1 Å². The fourth-order valence-corrected chi connectivity index (χ4v) is 1.49. The van der Waals surface area contributed by atoms with Gasteiger partial charge in [-0.05, 0) is 24.1 Å². The van der Waals surface area contributed by atoms with Crippen molar-refractivity contribution in [2.45, 2.75) is 19.8 Å². The Morgan fingerprint density at radius 2 is 1.81 bits per heavy atom. The summed E-state index contributed by atoms with van der Waals surface area (Å²) in [7, 11) is 0. The molecule has 0 aliphatic rings. The summed E-state index contributed by atoms with van der Waals surface area (Å²) in [5.41, 5.74) is 1.34. The number of rotatable bonds is 4. The highest BCUT2D eigenvalue weighted by atomic mass is 16.5. The summed E-state index contributed by atoms with van der Waals surface area (Å²) in [6, 6.07) is 9.92. The van der Waals surface area contributed by atoms with Crippen LogP contribution in [0.15, 0.2) is 42.7 Å². The van der Waals surface area contributed by atoms with Gasteiger partial charge in [0.15, 0.2) is 0 Å². The van der Waals surface area contributed by atoms with E-state index in [2.05, 4.69) is 29.3 Å². The zero-order valence-corrected chi connectivity index (χ0v) is 9.26. The molecule has 0 aliphatic heterocycles. The predicted octanol–water partition coefficient (Wildman–Crippen LogP) is 3.22. The van der Waals surface area contributed by atoms with Gasteiger partial charge in [0.1, 0.15) is 11.5 Å². The van der Waals surface area contributed by atoms with E-state index in [4.69, 9.17) is 4.74 Å². The first kappa shape index (κ1) is 10.6. The molecule has 16 heavy (non-hydrogen) atoms. The molecule has 3 nitrogen and oxygen atoms in total. The number of nitrogens with zero attached hydrogens (tertiary/aromatic N) is 2. The quantitative estimate of drug-likeness (QED) is 0.783. The van der Waals surface area contributed by atoms with Gasteiger partial charge in [-0.1, -0.05) is 25.5 Å². The van der Waals surface area contributed by atoms with E-state index in [-0.39, 0.29) is 0 Å². The van der Waals surface area contributed by atoms with Crippen molar-refractivity contribution < 1.29 is 4.74 Å². The molecule has 0 saturated carbocycles. The normalized spacial score (nSPS) is 10.1. The summed E-state index contributed by atoms with van der Waals surface area (Å²) in [6.07, 6.45) is 5.48. The molecule has 1 aromatic carbocycles. The third-order valence-electron chi connectivity index (χ3n) is 2.25. The minimum Gasteiger partial charge on any atom is -0.456 e. The van der Waals surface area contributed by atoms with Gasteiger partial charge in [-0.2, -0.15) is 10.2 Å². The fourth-order valence-electron chi connectivity index (χ4n) is 1.49. The second-order valence-corrected chi connectivity index (χ2v) is 3.57. The van der Waals surface area contributed by atoms with Crippen molar-refractivity contribution in [2.75, 3.05) is 0 Å². The Labute approximate surface area is 95.1 Å². The van der Waals surface area contributed by atoms with Crippen LogP contribution in [0.5, 0.6) is 11.5 Å². The number of hydrogen-bond acceptors (Lipinski definition) is 3. The SMILES string of the molecule is CCCc1ccc(Oc2ccnnc2)cc1. The maximum atomic E-state index is 5.61. The molecule has 82 valence electrons. The predicted molar refractivity (Wildman–Crippen MR) is 62.5 cm³/mol. The van der Waals surface area contributed by atoms with Crippen molar-refractivity contribution in [3.05, 3.63) is 48.3 Å². The van der Waals surface area contributed by atoms with E-state index < -0.39 is 0 Å². The maximum absolute atomic E-state index is 5.61. The largest absolute Gasteiger partial charge is 0.456 e. The lowest BCUT2D eigenvalue weighted by atomic mass is 10.1. The highest BCUT2D eigenvalue weighted by Crippen LogP contribution is 2.20. The molecule has 0 bridgehead atoms. The van der Waals surface area contributed by atoms with Gasteiger partial charge in [-0.15, -0.1) is 0 Å². The zero-order valence-electron chi connectivity index (χ0n) is 9.26. The lowest BCUT2D eigenvalue weighted by Gasteiger charge is -2.05. The van der Waals surface area contributed by atoms with E-state index >= 15 is 0 Å². The molecule has 0 fully saturated rings. The van der Waals surface area contributed by atoms with Crippen LogP contribution in [0.4, 0.5) is 0 Å². The van der Waals surface area contributed by atoms with Crippen molar-refractivity contribution in [3.8, 4) is 11.5 Å². The van der Waals surface area contributed by atoms with Crippen molar-refractivity contribution in [3.63, 3.8) is 0 Å². The Bertz CT molecular complexity index is 425. The first-order valence-electron chi connectivity index (χ1n) is 5.42. The Kier molecular flexibility index (Phi) is 3.49. The molecular weight excluding hydrogens is 200 g/mol. The van der Waals surface area contributed by atoms with Gasteiger partial charge in [-0.3, -0.25) is 0 Å². The van der Waals surface area contributed by atoms with Crippen LogP contribution in [0.2, 0.25) is 0 Å². The molecule has 0 spiro atoms. The number of benzene rings is 1. The third-order valence-corrected chi connectivity index (χ3v) is 2.25. The topological polar surface area (TPSA) is 35.0 Å². The van der Waals surface area contributed by atoms with Crippen molar-refractivity contribution >= 4 is 0 Å². The Morgan fingerprint density at radius 1 is 1.00 bits per heavy atom. The number of aromatic nitrogens is 2. The van der Waals surface area contributed by atoms with E-state index in [1.165, 1.54) is 5.56 Å². The molecule has 1 aromatic heterocycles. The average Bonchev–Trinajstić information content (AvgIpc) is 2.33. The van der Waals surface area contributed by atoms with Crippen LogP contribution in [0, 0.1) is 0 Å². The van der Waals surface area contributed by atoms with Crippen LogP contribution >= 0.6 is 0 Å². The fraction of sp³-hybridized carbons (Fsp3) is 0.231. The standard InChI is InChI=1S/C13H14N2O/c1-2-3-11-4-6-12(7-5-11)16-13-8-9-14-15-10-13/h4-10H,2-3H2,1H3. The second-order valence-electron chi connectivity index (χ2n) is 3.57. The summed E-state index contributed by atoms with van der Waals surface area (Å²) >= 11 is 0. The molecule has 0 atom stereocenters. The van der Waals surface area contributed by atoms with E-state index in [0.29, 0.717) is 5.75 Å². The Balaban J connectivity index is 2.05. The van der Waals surface area contributed by atoms with Crippen LogP contribution < -0.4 is 4.74 Å². The molecule has 2 aromatic rings. The second kappa shape index (κ2) is 5.26. The van der Waals surface area contributed by atoms with Crippen molar-refractivity contribution in [2.24, 2.45) is 0 Å². The molecular formula is C13H14N2O. The zero-order chi connectivity index (χ0) is 11.2. The Morgan fingerprint density at radius 3 is 2.44 bits per heavy atom. The lowest BCUT2D eigenvalue weighted by molar-refractivity contribution is 0.478. The van der Waals surface area contributed by atoms with Gasteiger partial charge in [0, 0.05) is 6.07 Å². The van der Waals surface area contributed by atoms with Crippen LogP contribution in [-0.4, -0.2) is 10.2 Å². The Hall–Kier alpha value is -1.90. The van der Waals surface area contributed by atoms with Crippen LogP contribution in [0.3, 0.4) is 0 Å². The summed E-state index contributed by atoms with van der Waals surface area (Å²) in [5, 5.41) is 7.45. The monoisotopic (exact) mass is 214 g/mol. The van der Waals surface area contributed by atoms with Gasteiger partial charge in [0.05, 0.1) is 12.4 Å². The van der Waals surface area contributed by atoms with E-state index in [1.54, 1.807) is 18.5 Å². The summed E-state index contributed by atoms with van der Waals surface area (Å²) in [6.45, 7) is 2.17. The minimum atomic E-state index is 0.707. The van der Waals surface area contributed by atoms with Gasteiger partial charge >= 0.3 is 0 Å². The van der Waals surface area contributed by atoms with Gasteiger partial charge < -0.3 is 4.74 Å². The molecule has 0 unspecified atom stereocenters. The number of aryl methyl sites for hydroxylation is 1. The molecule has 1 heterocycles. The molecule has 0 saturated heterocycles. The minimum absolute atomic E-state index is 0.707. The van der Waals surface area contributed by atoms with Gasteiger partial charge in [0.25, 0.3) is 0 Å². The number of hydrogen-bond donors (Lipinski definition) is 0. The molecule has 0 N–H and O–H groups in total. The smallest absolute Gasteiger partial charge is 0.149 e. The average molecular weight is 214 g/mol. The van der Waals surface area contributed by atoms with Crippen LogP contribution in [0.25, 0.3) is 0 Å². The lowest BCUT2D eigenvalue weighted by Crippen LogP contribution is -1.87. The highest BCUT2D eigenvalue weighted by molar-refractivity contribution is 5.31. The number of ether oxygens (including phenoxy) is 1. The van der Waals surface area contributed by atoms with Crippen LogP contribution in [0.1, 0.15) is 18.9 Å². The third kappa shape index (κ3) is 2.79. The first-order chi connectivity index (χ1) is 7.88.